The Morgan fingerprint density at radius 2 is 0.877 bits per heavy atom. The van der Waals surface area contributed by atoms with E-state index in [2.05, 4.69) is 155 Å². The molecule has 5 unspecified atom stereocenters. The molecule has 1 aliphatic heterocycles. The van der Waals surface area contributed by atoms with Gasteiger partial charge in [0.05, 0.1) is 38.7 Å². The highest BCUT2D eigenvalue weighted by atomic mass is 32.1. The molecule has 10 N–H and O–H groups in total. The van der Waals surface area contributed by atoms with E-state index in [-0.39, 0.29) is 62.4 Å². The first-order valence-corrected chi connectivity index (χ1v) is 54.9. The molecule has 1 aliphatic rings. The first-order valence-electron chi connectivity index (χ1n) is 41.8. The lowest BCUT2D eigenvalue weighted by Gasteiger charge is -2.32. The number of carboxylic acids is 4. The summed E-state index contributed by atoms with van der Waals surface area (Å²) in [6.45, 7) is 31.7. The number of unbranched alkanes of at least 4 members (excludes halogenated alkanes) is 2. The standard InChI is InChI=1S/C21H21N3O2S3.C19H26N2O4S.C15H22O4S.C13H21NO2S.C12H21OPS.C11H20OP2S/c1-12-14(5-7-22)9-18(27-12)16-3-4-17(21-20(16)23-29-24-21)19-10-15(13(2)28-19)6-8-26-11-25;1-13-10-15(14(2)26-13)4-3-7-19(12-20,11-18(24)25)8-9-21-16(22)5-6-17(21)23;1-10-8-13(11(2)20-10)5-3-4-12(9-15(18)19)6-7-14(16)17;1-9-6-12(10(2)17-9)5-3-4-11(8-14)7-13(15)16;1-10-9-12(11(2)15-10)7-5-6-8-14(3,4)13;1-9-8-11(10(2)15-9)6-4-5-7-14(3,12)13/h3-4,9-11H,5-8,22H2,1-2H3;5-6,10H,3-4,7-9,11-12,20H2,1-2H3,(H,24,25);8,12H,3-7,9H2,1-2H3,(H,16,17)(H,18,19);6,11H,3-5,7-8,14H2,1-2H3,(H,15,16);9H,5-8H2,1-4H3;8H,4-7,13H2,1-3H3. The third-order valence-electron chi connectivity index (χ3n) is 21.4. The third-order valence-corrected chi connectivity index (χ3v) is 32.6. The minimum Gasteiger partial charge on any atom is -0.481 e. The highest BCUT2D eigenvalue weighted by Gasteiger charge is 2.34. The van der Waals surface area contributed by atoms with E-state index in [4.69, 9.17) is 37.3 Å². The van der Waals surface area contributed by atoms with Crippen LogP contribution in [0.3, 0.4) is 0 Å². The molecule has 122 heavy (non-hydrogen) atoms. The number of ether oxygens (including phenoxy) is 1. The average molecular weight is 1880 g/mol. The summed E-state index contributed by atoms with van der Waals surface area (Å²) in [6, 6.07) is 19.9. The van der Waals surface area contributed by atoms with Crippen LogP contribution < -0.4 is 17.2 Å². The van der Waals surface area contributed by atoms with Crippen molar-refractivity contribution < 1.29 is 67.9 Å². The van der Waals surface area contributed by atoms with Gasteiger partial charge in [-0.1, -0.05) is 21.1 Å². The zero-order valence-electron chi connectivity index (χ0n) is 74.0. The summed E-state index contributed by atoms with van der Waals surface area (Å²) in [6.07, 6.45) is 21.7. The largest absolute Gasteiger partial charge is 0.481 e. The molecule has 0 aliphatic carbocycles. The summed E-state index contributed by atoms with van der Waals surface area (Å²) in [4.78, 5) is 96.9. The van der Waals surface area contributed by atoms with E-state index in [9.17, 15) is 47.8 Å². The van der Waals surface area contributed by atoms with Crippen LogP contribution in [-0.4, -0.2) is 141 Å². The molecule has 0 fully saturated rings. The van der Waals surface area contributed by atoms with Gasteiger partial charge >= 0.3 is 23.9 Å². The molecule has 2 amide bonds. The molecule has 5 atom stereocenters. The maximum Gasteiger partial charge on any atom is 0.303 e. The van der Waals surface area contributed by atoms with Gasteiger partial charge in [-0.15, -0.1) is 79.4 Å². The number of carbonyl (C=O) groups excluding carboxylic acids is 3. The van der Waals surface area contributed by atoms with E-state index >= 15 is 0 Å². The van der Waals surface area contributed by atoms with Crippen LogP contribution in [0.5, 0.6) is 0 Å². The van der Waals surface area contributed by atoms with Crippen molar-refractivity contribution in [1.29, 1.82) is 0 Å². The van der Waals surface area contributed by atoms with Crippen LogP contribution in [0.25, 0.3) is 31.9 Å². The van der Waals surface area contributed by atoms with Crippen molar-refractivity contribution in [2.45, 2.75) is 231 Å². The molecule has 0 radical (unpaired) electrons. The predicted octanol–water partition coefficient (Wildman–Crippen LogP) is 22.6. The van der Waals surface area contributed by atoms with E-state index in [1.54, 1.807) is 45.3 Å². The van der Waals surface area contributed by atoms with Crippen LogP contribution in [0.2, 0.25) is 0 Å². The van der Waals surface area contributed by atoms with Crippen LogP contribution in [0, 0.1) is 100 Å². The topological polar surface area (TPSA) is 351 Å². The summed E-state index contributed by atoms with van der Waals surface area (Å²) in [5.74, 6) is -3.97. The first-order chi connectivity index (χ1) is 57.5. The van der Waals surface area contributed by atoms with E-state index in [1.165, 1.54) is 138 Å². The number of hydrogen-bond donors (Lipinski definition) is 7. The number of carboxylic acid groups (broad SMARTS) is 4. The maximum absolute atomic E-state index is 11.7. The molecule has 31 heteroatoms. The Labute approximate surface area is 757 Å². The molecule has 0 saturated carbocycles. The van der Waals surface area contributed by atoms with Gasteiger partial charge in [-0.3, -0.25) is 38.5 Å². The van der Waals surface area contributed by atoms with Gasteiger partial charge in [-0.25, -0.2) is 0 Å². The monoisotopic (exact) mass is 1880 g/mol. The van der Waals surface area contributed by atoms with E-state index in [0.29, 0.717) is 45.4 Å². The van der Waals surface area contributed by atoms with E-state index in [0.717, 1.165) is 136 Å². The number of fused-ring (bicyclic) bond motifs is 1. The lowest BCUT2D eigenvalue weighted by molar-refractivity contribution is -0.141. The van der Waals surface area contributed by atoms with Crippen LogP contribution in [0.4, 0.5) is 0 Å². The number of benzene rings is 1. The van der Waals surface area contributed by atoms with Crippen LogP contribution in [0.1, 0.15) is 200 Å². The summed E-state index contributed by atoms with van der Waals surface area (Å²) in [5.41, 5.74) is 30.3. The van der Waals surface area contributed by atoms with E-state index < -0.39 is 43.3 Å². The van der Waals surface area contributed by atoms with Crippen LogP contribution >= 0.6 is 114 Å². The number of thiophene rings is 7. The molecule has 20 nitrogen and oxygen atoms in total. The Morgan fingerprint density at radius 1 is 0.492 bits per heavy atom. The fourth-order valence-electron chi connectivity index (χ4n) is 14.8. The number of nitrogens with zero attached hydrogens (tertiary/aromatic N) is 3. The minimum atomic E-state index is -1.87. The lowest BCUT2D eigenvalue weighted by Crippen LogP contribution is -2.39. The molecule has 672 valence electrons. The SMILES string of the molecule is Cc1cc(CCCC(CCC(=O)O)CC(=O)O)c(C)s1.Cc1cc(CCCC(CN)(CCN2C(=O)C=CC2=O)CC(=O)O)c(C)s1.Cc1cc(CCCC(CN)CC(=O)O)c(C)s1.Cc1cc(CCCCP(C)(=O)P)c(C)s1.Cc1cc(CCCCP(C)(C)=O)c(C)s1.Cc1sc(-c2ccc(-c3cc(CCOC=O)c(C)s3)c3nsnc23)cc1CCN. The molecule has 0 spiro atoms. The fourth-order valence-corrected chi connectivity index (χ4v) is 24.9. The van der Waals surface area contributed by atoms with Gasteiger partial charge in [0.1, 0.15) is 11.0 Å². The van der Waals surface area contributed by atoms with Crippen molar-refractivity contribution in [2.75, 3.05) is 65.1 Å². The minimum absolute atomic E-state index is 0.0383. The summed E-state index contributed by atoms with van der Waals surface area (Å²) in [5, 5.41) is 35.6. The predicted molar refractivity (Wildman–Crippen MR) is 520 cm³/mol. The van der Waals surface area contributed by atoms with Gasteiger partial charge in [-0.05, 0) is 337 Å². The third kappa shape index (κ3) is 38.6. The van der Waals surface area contributed by atoms with E-state index in [1.807, 2.05) is 54.0 Å². The first kappa shape index (κ1) is 106. The molecule has 1 aromatic carbocycles. The fraction of sp³-hybridized carbons (Fsp3) is 0.527. The molecule has 9 aromatic rings. The second-order valence-corrected chi connectivity index (χ2v) is 52.5. The van der Waals surface area contributed by atoms with Crippen molar-refractivity contribution in [3.05, 3.63) is 164 Å². The van der Waals surface area contributed by atoms with Crippen molar-refractivity contribution in [1.82, 2.24) is 13.6 Å². The second kappa shape index (κ2) is 53.5. The molecule has 9 heterocycles. The molecule has 8 aromatic heterocycles. The zero-order valence-corrected chi connectivity index (χ0v) is 83.5. The van der Waals surface area contributed by atoms with Crippen molar-refractivity contribution in [3.8, 4) is 20.9 Å². The van der Waals surface area contributed by atoms with Crippen LogP contribution in [0.15, 0.2) is 66.7 Å². The number of hydrogen-bond acceptors (Lipinski definition) is 23. The van der Waals surface area contributed by atoms with Gasteiger partial charge < -0.3 is 51.5 Å². The summed E-state index contributed by atoms with van der Waals surface area (Å²) in [7, 11) is 0.695. The van der Waals surface area contributed by atoms with Crippen molar-refractivity contribution in [3.63, 3.8) is 0 Å². The number of aryl methyl sites for hydroxylation is 17. The number of aromatic nitrogens is 2. The Kier molecular flexibility index (Phi) is 46.7. The lowest BCUT2D eigenvalue weighted by atomic mass is 9.76. The summed E-state index contributed by atoms with van der Waals surface area (Å²) >= 11 is 13.9. The average Bonchev–Trinajstić information content (AvgIpc) is 1.61. The quantitative estimate of drug-likeness (QED) is 0.00807. The molecule has 0 bridgehead atoms. The molecular weight excluding hydrogens is 1750 g/mol. The van der Waals surface area contributed by atoms with Gasteiger partial charge in [0.25, 0.3) is 18.3 Å². The van der Waals surface area contributed by atoms with Gasteiger partial charge in [0.2, 0.25) is 0 Å². The highest BCUT2D eigenvalue weighted by molar-refractivity contribution is 8.17. The maximum atomic E-state index is 11.7. The smallest absolute Gasteiger partial charge is 0.303 e. The molecule has 0 saturated heterocycles. The zero-order chi connectivity index (χ0) is 90.6. The van der Waals surface area contributed by atoms with Gasteiger partial charge in [-0.2, -0.15) is 8.75 Å². The molecule has 10 rings (SSSR count). The number of amides is 2. The number of aliphatic carboxylic acids is 4. The number of imide groups is 1. The molecular formula is C91H131N6O14P3S8. The van der Waals surface area contributed by atoms with Crippen LogP contribution in [-0.2, 0) is 92.4 Å². The highest BCUT2D eigenvalue weighted by Crippen LogP contribution is 2.51. The van der Waals surface area contributed by atoms with Gasteiger partial charge in [0, 0.05) is 136 Å². The Morgan fingerprint density at radius 3 is 1.24 bits per heavy atom. The number of nitrogens with two attached hydrogens (primary N) is 3. The summed E-state index contributed by atoms with van der Waals surface area (Å²) < 4.78 is 37.0. The normalized spacial score (nSPS) is 13.3. The van der Waals surface area contributed by atoms with Crippen molar-refractivity contribution >= 4 is 167 Å². The number of carbonyl (C=O) groups is 7. The number of rotatable bonds is 44. The Balaban J connectivity index is 0.000000265. The Hall–Kier alpha value is -6.06. The van der Waals surface area contributed by atoms with Crippen molar-refractivity contribution in [2.24, 2.45) is 34.5 Å². The second-order valence-electron chi connectivity index (χ2n) is 32.5. The van der Waals surface area contributed by atoms with Gasteiger partial charge in [0.15, 0.2) is 0 Å². The Bertz CT molecular complexity index is 4880.